The maximum atomic E-state index is 13.5. The molecule has 0 bridgehead atoms. The van der Waals surface area contributed by atoms with E-state index in [9.17, 15) is 13.2 Å². The third-order valence-electron chi connectivity index (χ3n) is 4.79. The van der Waals surface area contributed by atoms with Crippen LogP contribution in [0.5, 0.6) is 5.75 Å². The summed E-state index contributed by atoms with van der Waals surface area (Å²) in [5, 5.41) is 0.610. The molecule has 0 fully saturated rings. The number of nitrogens with zero attached hydrogens (tertiary/aromatic N) is 1. The van der Waals surface area contributed by atoms with E-state index >= 15 is 0 Å². The summed E-state index contributed by atoms with van der Waals surface area (Å²) in [6.45, 7) is 1.93. The SMILES string of the molecule is COc1ccc2c(c1)cc(C(=O)c1ccc(C)cc1)n2S(=O)(=O)c1ccccc1. The fourth-order valence-corrected chi connectivity index (χ4v) is 4.79. The molecule has 4 aromatic rings. The number of hydrogen-bond acceptors (Lipinski definition) is 4. The molecule has 0 unspecified atom stereocenters. The van der Waals surface area contributed by atoms with Gasteiger partial charge in [0.1, 0.15) is 11.4 Å². The number of carbonyl (C=O) groups is 1. The summed E-state index contributed by atoms with van der Waals surface area (Å²) in [7, 11) is -2.44. The number of carbonyl (C=O) groups excluding carboxylic acids is 1. The Bertz CT molecular complexity index is 1300. The number of aryl methyl sites for hydroxylation is 1. The van der Waals surface area contributed by atoms with Crippen LogP contribution < -0.4 is 4.74 Å². The van der Waals surface area contributed by atoms with Gasteiger partial charge in [-0.1, -0.05) is 48.0 Å². The van der Waals surface area contributed by atoms with E-state index in [4.69, 9.17) is 4.74 Å². The maximum Gasteiger partial charge on any atom is 0.268 e. The van der Waals surface area contributed by atoms with E-state index in [2.05, 4.69) is 0 Å². The second-order valence-corrected chi connectivity index (χ2v) is 8.52. The maximum absolute atomic E-state index is 13.5. The Morgan fingerprint density at radius 2 is 1.59 bits per heavy atom. The molecule has 0 aliphatic heterocycles. The van der Waals surface area contributed by atoms with Crippen molar-refractivity contribution in [3.8, 4) is 5.75 Å². The van der Waals surface area contributed by atoms with Crippen LogP contribution in [0, 0.1) is 6.92 Å². The molecule has 6 heteroatoms. The smallest absolute Gasteiger partial charge is 0.268 e. The van der Waals surface area contributed by atoms with Crippen LogP contribution in [-0.4, -0.2) is 25.3 Å². The highest BCUT2D eigenvalue weighted by molar-refractivity contribution is 7.90. The van der Waals surface area contributed by atoms with Gasteiger partial charge in [0.2, 0.25) is 5.78 Å². The van der Waals surface area contributed by atoms with Crippen LogP contribution in [0.25, 0.3) is 10.9 Å². The standard InChI is InChI=1S/C23H19NO4S/c1-16-8-10-17(11-9-16)23(25)22-15-18-14-19(28-2)12-13-21(18)24(22)29(26,27)20-6-4-3-5-7-20/h3-15H,1-2H3. The Morgan fingerprint density at radius 3 is 2.24 bits per heavy atom. The highest BCUT2D eigenvalue weighted by atomic mass is 32.2. The number of aromatic nitrogens is 1. The van der Waals surface area contributed by atoms with Crippen LogP contribution in [0.2, 0.25) is 0 Å². The Labute approximate surface area is 169 Å². The van der Waals surface area contributed by atoms with Crippen molar-refractivity contribution in [1.29, 1.82) is 0 Å². The number of ether oxygens (including phenoxy) is 1. The zero-order chi connectivity index (χ0) is 20.6. The molecule has 0 aliphatic rings. The fourth-order valence-electron chi connectivity index (χ4n) is 3.26. The first-order valence-corrected chi connectivity index (χ1v) is 10.5. The van der Waals surface area contributed by atoms with Gasteiger partial charge < -0.3 is 4.74 Å². The van der Waals surface area contributed by atoms with Crippen LogP contribution in [0.4, 0.5) is 0 Å². The van der Waals surface area contributed by atoms with E-state index in [0.717, 1.165) is 9.54 Å². The molecule has 0 N–H and O–H groups in total. The van der Waals surface area contributed by atoms with Gasteiger partial charge in [-0.15, -0.1) is 0 Å². The first-order valence-electron chi connectivity index (χ1n) is 9.03. The van der Waals surface area contributed by atoms with Gasteiger partial charge >= 0.3 is 0 Å². The van der Waals surface area contributed by atoms with Gasteiger partial charge in [0.15, 0.2) is 0 Å². The molecule has 0 saturated heterocycles. The van der Waals surface area contributed by atoms with Crippen molar-refractivity contribution >= 4 is 26.7 Å². The number of ketones is 1. The highest BCUT2D eigenvalue weighted by Crippen LogP contribution is 2.30. The topological polar surface area (TPSA) is 65.4 Å². The van der Waals surface area contributed by atoms with E-state index in [1.165, 1.54) is 19.2 Å². The zero-order valence-corrected chi connectivity index (χ0v) is 16.8. The van der Waals surface area contributed by atoms with Crippen LogP contribution in [-0.2, 0) is 10.0 Å². The van der Waals surface area contributed by atoms with Crippen molar-refractivity contribution in [2.45, 2.75) is 11.8 Å². The molecule has 146 valence electrons. The summed E-state index contributed by atoms with van der Waals surface area (Å²) in [5.41, 5.74) is 1.95. The number of hydrogen-bond donors (Lipinski definition) is 0. The summed E-state index contributed by atoms with van der Waals surface area (Å²) in [4.78, 5) is 13.4. The second kappa shape index (κ2) is 7.22. The minimum absolute atomic E-state index is 0.0842. The lowest BCUT2D eigenvalue weighted by molar-refractivity contribution is 0.103. The molecule has 0 amide bonds. The molecule has 0 aliphatic carbocycles. The van der Waals surface area contributed by atoms with Gasteiger partial charge in [0.05, 0.1) is 17.5 Å². The van der Waals surface area contributed by atoms with Crippen LogP contribution in [0.15, 0.2) is 83.8 Å². The molecule has 4 rings (SSSR count). The predicted octanol–water partition coefficient (Wildman–Crippen LogP) is 4.43. The average Bonchev–Trinajstić information content (AvgIpc) is 3.13. The Kier molecular flexibility index (Phi) is 4.72. The van der Waals surface area contributed by atoms with Crippen molar-refractivity contribution < 1.29 is 17.9 Å². The molecule has 5 nitrogen and oxygen atoms in total. The summed E-state index contributed by atoms with van der Waals surface area (Å²) < 4.78 is 33.3. The van der Waals surface area contributed by atoms with Crippen molar-refractivity contribution in [2.24, 2.45) is 0 Å². The molecule has 0 saturated carbocycles. The lowest BCUT2D eigenvalue weighted by Crippen LogP contribution is -2.19. The minimum Gasteiger partial charge on any atom is -0.497 e. The monoisotopic (exact) mass is 405 g/mol. The van der Waals surface area contributed by atoms with Gasteiger partial charge in [0.25, 0.3) is 10.0 Å². The molecule has 29 heavy (non-hydrogen) atoms. The normalized spacial score (nSPS) is 11.5. The highest BCUT2D eigenvalue weighted by Gasteiger charge is 2.27. The zero-order valence-electron chi connectivity index (χ0n) is 16.0. The molecule has 0 spiro atoms. The van der Waals surface area contributed by atoms with E-state index in [1.54, 1.807) is 54.6 Å². The quantitative estimate of drug-likeness (QED) is 0.461. The number of fused-ring (bicyclic) bond motifs is 1. The fraction of sp³-hybridized carbons (Fsp3) is 0.0870. The van der Waals surface area contributed by atoms with Crippen LogP contribution in [0.1, 0.15) is 21.6 Å². The Balaban J connectivity index is 2.00. The van der Waals surface area contributed by atoms with Gasteiger partial charge in [-0.25, -0.2) is 12.4 Å². The molecular formula is C23H19NO4S. The average molecular weight is 405 g/mol. The van der Waals surface area contributed by atoms with E-state index in [-0.39, 0.29) is 16.4 Å². The molecule has 3 aromatic carbocycles. The third-order valence-corrected chi connectivity index (χ3v) is 6.53. The number of benzene rings is 3. The van der Waals surface area contributed by atoms with Crippen molar-refractivity contribution in [1.82, 2.24) is 3.97 Å². The Morgan fingerprint density at radius 1 is 0.897 bits per heavy atom. The Hall–Kier alpha value is -3.38. The van der Waals surface area contributed by atoms with Crippen LogP contribution in [0.3, 0.4) is 0 Å². The van der Waals surface area contributed by atoms with E-state index in [1.807, 2.05) is 19.1 Å². The second-order valence-electron chi connectivity index (χ2n) is 6.73. The minimum atomic E-state index is -3.98. The van der Waals surface area contributed by atoms with Crippen LogP contribution >= 0.6 is 0 Å². The summed E-state index contributed by atoms with van der Waals surface area (Å²) >= 11 is 0. The van der Waals surface area contributed by atoms with Gasteiger partial charge in [-0.3, -0.25) is 4.79 Å². The largest absolute Gasteiger partial charge is 0.497 e. The lowest BCUT2D eigenvalue weighted by atomic mass is 10.1. The van der Waals surface area contributed by atoms with Crippen molar-refractivity contribution in [2.75, 3.05) is 7.11 Å². The van der Waals surface area contributed by atoms with Gasteiger partial charge in [-0.2, -0.15) is 0 Å². The molecule has 1 heterocycles. The van der Waals surface area contributed by atoms with Gasteiger partial charge in [0, 0.05) is 10.9 Å². The molecule has 0 radical (unpaired) electrons. The molecule has 0 atom stereocenters. The van der Waals surface area contributed by atoms with Crippen molar-refractivity contribution in [3.05, 3.63) is 95.7 Å². The summed E-state index contributed by atoms with van der Waals surface area (Å²) in [6, 6.07) is 21.8. The molecule has 1 aromatic heterocycles. The lowest BCUT2D eigenvalue weighted by Gasteiger charge is -2.12. The number of methoxy groups -OCH3 is 1. The molecular weight excluding hydrogens is 386 g/mol. The van der Waals surface area contributed by atoms with Gasteiger partial charge in [-0.05, 0) is 43.3 Å². The number of rotatable bonds is 5. The van der Waals surface area contributed by atoms with E-state index < -0.39 is 10.0 Å². The first-order chi connectivity index (χ1) is 13.9. The third kappa shape index (κ3) is 3.32. The van der Waals surface area contributed by atoms with E-state index in [0.29, 0.717) is 22.2 Å². The summed E-state index contributed by atoms with van der Waals surface area (Å²) in [6.07, 6.45) is 0. The van der Waals surface area contributed by atoms with Crippen molar-refractivity contribution in [3.63, 3.8) is 0 Å². The first kappa shape index (κ1) is 19.0. The summed E-state index contributed by atoms with van der Waals surface area (Å²) in [5.74, 6) is 0.223. The predicted molar refractivity (Wildman–Crippen MR) is 112 cm³/mol.